The molecule has 2 fully saturated rings. The van der Waals surface area contributed by atoms with Crippen molar-refractivity contribution in [1.82, 2.24) is 9.80 Å². The van der Waals surface area contributed by atoms with Crippen molar-refractivity contribution in [3.05, 3.63) is 39.9 Å². The van der Waals surface area contributed by atoms with E-state index in [1.54, 1.807) is 23.1 Å². The monoisotopic (exact) mass is 317 g/mol. The van der Waals surface area contributed by atoms with Crippen LogP contribution in [-0.2, 0) is 16.0 Å². The summed E-state index contributed by atoms with van der Waals surface area (Å²) in [5.41, 5.74) is 0.405. The molecule has 2 aliphatic rings. The summed E-state index contributed by atoms with van der Waals surface area (Å²) in [6.45, 7) is 2.10. The van der Waals surface area contributed by atoms with E-state index in [0.717, 1.165) is 12.8 Å². The molecular formula is C16H19N3O4. The fourth-order valence-corrected chi connectivity index (χ4v) is 2.88. The van der Waals surface area contributed by atoms with Gasteiger partial charge in [0.15, 0.2) is 0 Å². The van der Waals surface area contributed by atoms with Gasteiger partial charge in [-0.15, -0.1) is 0 Å². The predicted octanol–water partition coefficient (Wildman–Crippen LogP) is 1.22. The summed E-state index contributed by atoms with van der Waals surface area (Å²) in [6, 6.07) is 6.31. The third kappa shape index (κ3) is 3.49. The number of nitrogens with zero attached hydrogens (tertiary/aromatic N) is 3. The number of hydrogen-bond donors (Lipinski definition) is 0. The number of hydrogen-bond acceptors (Lipinski definition) is 4. The van der Waals surface area contributed by atoms with Gasteiger partial charge in [-0.3, -0.25) is 19.7 Å². The number of benzene rings is 1. The van der Waals surface area contributed by atoms with Crippen LogP contribution in [0.3, 0.4) is 0 Å². The number of amides is 2. The summed E-state index contributed by atoms with van der Waals surface area (Å²) in [5.74, 6) is 0.276. The SMILES string of the molecule is O=C(Cc1ccccc1[N+](=O)[O-])N1CCN(C(=O)C2CC2)CC1. The number of rotatable bonds is 4. The lowest BCUT2D eigenvalue weighted by molar-refractivity contribution is -0.385. The Morgan fingerprint density at radius 2 is 1.70 bits per heavy atom. The maximum absolute atomic E-state index is 12.4. The quantitative estimate of drug-likeness (QED) is 0.617. The molecule has 7 nitrogen and oxygen atoms in total. The number of nitro benzene ring substituents is 1. The number of piperazine rings is 1. The van der Waals surface area contributed by atoms with Crippen LogP contribution in [0.15, 0.2) is 24.3 Å². The van der Waals surface area contributed by atoms with Crippen molar-refractivity contribution in [2.24, 2.45) is 5.92 Å². The van der Waals surface area contributed by atoms with Crippen LogP contribution in [0.2, 0.25) is 0 Å². The van der Waals surface area contributed by atoms with Gasteiger partial charge in [-0.2, -0.15) is 0 Å². The van der Waals surface area contributed by atoms with Crippen LogP contribution in [0.4, 0.5) is 5.69 Å². The van der Waals surface area contributed by atoms with Crippen molar-refractivity contribution in [3.63, 3.8) is 0 Å². The molecule has 7 heteroatoms. The van der Waals surface area contributed by atoms with E-state index in [0.29, 0.717) is 31.7 Å². The van der Waals surface area contributed by atoms with Crippen LogP contribution < -0.4 is 0 Å². The lowest BCUT2D eigenvalue weighted by Gasteiger charge is -2.35. The Hall–Kier alpha value is -2.44. The zero-order valence-corrected chi connectivity index (χ0v) is 12.8. The molecule has 122 valence electrons. The maximum Gasteiger partial charge on any atom is 0.273 e. The Morgan fingerprint density at radius 1 is 1.09 bits per heavy atom. The highest BCUT2D eigenvalue weighted by molar-refractivity contribution is 5.82. The second-order valence-corrected chi connectivity index (χ2v) is 6.04. The molecule has 1 heterocycles. The topological polar surface area (TPSA) is 83.8 Å². The standard InChI is InChI=1S/C16H19N3O4/c20-15(11-13-3-1-2-4-14(13)19(22)23)17-7-9-18(10-8-17)16(21)12-5-6-12/h1-4,12H,5-11H2. The minimum absolute atomic E-state index is 0.0216. The molecule has 3 rings (SSSR count). The first-order valence-corrected chi connectivity index (χ1v) is 7.85. The van der Waals surface area contributed by atoms with Crippen LogP contribution >= 0.6 is 0 Å². The minimum Gasteiger partial charge on any atom is -0.339 e. The Kier molecular flexibility index (Phi) is 4.27. The second kappa shape index (κ2) is 6.36. The van der Waals surface area contributed by atoms with Crippen molar-refractivity contribution in [3.8, 4) is 0 Å². The first-order valence-electron chi connectivity index (χ1n) is 7.85. The molecule has 2 amide bonds. The zero-order chi connectivity index (χ0) is 16.4. The molecule has 1 aromatic carbocycles. The summed E-state index contributed by atoms with van der Waals surface area (Å²) in [7, 11) is 0. The molecule has 0 atom stereocenters. The molecule has 0 spiro atoms. The Balaban J connectivity index is 1.57. The van der Waals surface area contributed by atoms with Crippen molar-refractivity contribution in [1.29, 1.82) is 0 Å². The summed E-state index contributed by atoms with van der Waals surface area (Å²) in [6.07, 6.45) is 1.99. The lowest BCUT2D eigenvalue weighted by atomic mass is 10.1. The van der Waals surface area contributed by atoms with Gasteiger partial charge in [-0.25, -0.2) is 0 Å². The van der Waals surface area contributed by atoms with Crippen molar-refractivity contribution < 1.29 is 14.5 Å². The van der Waals surface area contributed by atoms with Gasteiger partial charge in [0.2, 0.25) is 11.8 Å². The molecule has 23 heavy (non-hydrogen) atoms. The molecule has 0 radical (unpaired) electrons. The van der Waals surface area contributed by atoms with E-state index < -0.39 is 4.92 Å². The van der Waals surface area contributed by atoms with E-state index >= 15 is 0 Å². The normalized spacial score (nSPS) is 17.9. The van der Waals surface area contributed by atoms with Crippen LogP contribution in [0.1, 0.15) is 18.4 Å². The molecule has 1 aliphatic carbocycles. The molecule has 1 aromatic rings. The number of nitro groups is 1. The van der Waals surface area contributed by atoms with E-state index in [1.165, 1.54) is 6.07 Å². The van der Waals surface area contributed by atoms with Gasteiger partial charge in [-0.05, 0) is 12.8 Å². The molecule has 0 aromatic heterocycles. The van der Waals surface area contributed by atoms with Gasteiger partial charge < -0.3 is 9.80 Å². The third-order valence-corrected chi connectivity index (χ3v) is 4.40. The molecule has 0 unspecified atom stereocenters. The van der Waals surface area contributed by atoms with Crippen LogP contribution in [-0.4, -0.2) is 52.7 Å². The smallest absolute Gasteiger partial charge is 0.273 e. The van der Waals surface area contributed by atoms with Crippen molar-refractivity contribution in [2.75, 3.05) is 26.2 Å². The zero-order valence-electron chi connectivity index (χ0n) is 12.8. The van der Waals surface area contributed by atoms with Gasteiger partial charge in [0, 0.05) is 43.7 Å². The molecule has 0 N–H and O–H groups in total. The van der Waals surface area contributed by atoms with Crippen LogP contribution in [0, 0.1) is 16.0 Å². The van der Waals surface area contributed by atoms with Gasteiger partial charge in [0.05, 0.1) is 11.3 Å². The van der Waals surface area contributed by atoms with Crippen LogP contribution in [0.5, 0.6) is 0 Å². The average Bonchev–Trinajstić information content (AvgIpc) is 3.39. The molecule has 1 aliphatic heterocycles. The largest absolute Gasteiger partial charge is 0.339 e. The van der Waals surface area contributed by atoms with E-state index in [1.807, 2.05) is 4.90 Å². The van der Waals surface area contributed by atoms with Gasteiger partial charge in [-0.1, -0.05) is 18.2 Å². The molecule has 0 bridgehead atoms. The maximum atomic E-state index is 12.4. The van der Waals surface area contributed by atoms with Gasteiger partial charge in [0.1, 0.15) is 0 Å². The van der Waals surface area contributed by atoms with Gasteiger partial charge in [0.25, 0.3) is 5.69 Å². The third-order valence-electron chi connectivity index (χ3n) is 4.40. The first-order chi connectivity index (χ1) is 11.1. The number of para-hydroxylation sites is 1. The summed E-state index contributed by atoms with van der Waals surface area (Å²) in [5, 5.41) is 11.0. The van der Waals surface area contributed by atoms with E-state index in [2.05, 4.69) is 0 Å². The Labute approximate surface area is 134 Å². The summed E-state index contributed by atoms with van der Waals surface area (Å²) >= 11 is 0. The average molecular weight is 317 g/mol. The number of carbonyl (C=O) groups excluding carboxylic acids is 2. The molecule has 1 saturated heterocycles. The number of carbonyl (C=O) groups is 2. The fourth-order valence-electron chi connectivity index (χ4n) is 2.88. The second-order valence-electron chi connectivity index (χ2n) is 6.04. The highest BCUT2D eigenvalue weighted by atomic mass is 16.6. The van der Waals surface area contributed by atoms with E-state index in [-0.39, 0.29) is 29.8 Å². The van der Waals surface area contributed by atoms with Crippen molar-refractivity contribution in [2.45, 2.75) is 19.3 Å². The fraction of sp³-hybridized carbons (Fsp3) is 0.500. The summed E-state index contributed by atoms with van der Waals surface area (Å²) in [4.78, 5) is 38.4. The first kappa shape index (κ1) is 15.5. The summed E-state index contributed by atoms with van der Waals surface area (Å²) < 4.78 is 0. The Morgan fingerprint density at radius 3 is 2.30 bits per heavy atom. The van der Waals surface area contributed by atoms with Gasteiger partial charge >= 0.3 is 0 Å². The predicted molar refractivity (Wildman–Crippen MR) is 82.7 cm³/mol. The highest BCUT2D eigenvalue weighted by Gasteiger charge is 2.35. The lowest BCUT2D eigenvalue weighted by Crippen LogP contribution is -2.51. The van der Waals surface area contributed by atoms with Crippen LogP contribution in [0.25, 0.3) is 0 Å². The van der Waals surface area contributed by atoms with E-state index in [4.69, 9.17) is 0 Å². The Bertz CT molecular complexity index is 634. The molecular weight excluding hydrogens is 298 g/mol. The van der Waals surface area contributed by atoms with Crippen molar-refractivity contribution >= 4 is 17.5 Å². The molecule has 1 saturated carbocycles. The minimum atomic E-state index is -0.463. The van der Waals surface area contributed by atoms with E-state index in [9.17, 15) is 19.7 Å². The highest BCUT2D eigenvalue weighted by Crippen LogP contribution is 2.31.